The van der Waals surface area contributed by atoms with Crippen LogP contribution in [0.3, 0.4) is 0 Å². The SMILES string of the molecule is CCCCCOC1CCO1. The maximum atomic E-state index is 5.36. The van der Waals surface area contributed by atoms with Crippen LogP contribution in [0.4, 0.5) is 0 Å². The third-order valence-corrected chi connectivity index (χ3v) is 1.71. The molecular weight excluding hydrogens is 128 g/mol. The Morgan fingerprint density at radius 3 is 2.80 bits per heavy atom. The molecule has 1 heterocycles. The van der Waals surface area contributed by atoms with Crippen LogP contribution in [0.1, 0.15) is 32.6 Å². The summed E-state index contributed by atoms with van der Waals surface area (Å²) in [6.07, 6.45) is 4.93. The molecule has 10 heavy (non-hydrogen) atoms. The van der Waals surface area contributed by atoms with Gasteiger partial charge in [-0.3, -0.25) is 0 Å². The van der Waals surface area contributed by atoms with Gasteiger partial charge in [0.15, 0.2) is 6.29 Å². The summed E-state index contributed by atoms with van der Waals surface area (Å²) < 4.78 is 10.4. The summed E-state index contributed by atoms with van der Waals surface area (Å²) in [7, 11) is 0. The van der Waals surface area contributed by atoms with Crippen LogP contribution >= 0.6 is 0 Å². The molecule has 0 N–H and O–H groups in total. The molecule has 0 bridgehead atoms. The molecule has 0 aromatic rings. The summed E-state index contributed by atoms with van der Waals surface area (Å²) >= 11 is 0. The Morgan fingerprint density at radius 1 is 1.50 bits per heavy atom. The third kappa shape index (κ3) is 2.67. The minimum Gasteiger partial charge on any atom is -0.353 e. The summed E-state index contributed by atoms with van der Waals surface area (Å²) in [6.45, 7) is 3.96. The van der Waals surface area contributed by atoms with Gasteiger partial charge < -0.3 is 9.47 Å². The highest BCUT2D eigenvalue weighted by Gasteiger charge is 2.17. The van der Waals surface area contributed by atoms with E-state index >= 15 is 0 Å². The highest BCUT2D eigenvalue weighted by Crippen LogP contribution is 2.12. The van der Waals surface area contributed by atoms with Crippen molar-refractivity contribution in [3.8, 4) is 0 Å². The first-order valence-electron chi connectivity index (χ1n) is 4.16. The fourth-order valence-corrected chi connectivity index (χ4v) is 0.912. The molecule has 0 aromatic heterocycles. The molecule has 1 rings (SSSR count). The van der Waals surface area contributed by atoms with E-state index < -0.39 is 0 Å². The number of hydrogen-bond acceptors (Lipinski definition) is 2. The van der Waals surface area contributed by atoms with E-state index in [1.54, 1.807) is 0 Å². The molecule has 2 heteroatoms. The first kappa shape index (κ1) is 8.02. The third-order valence-electron chi connectivity index (χ3n) is 1.71. The Kier molecular flexibility index (Phi) is 3.76. The molecule has 0 spiro atoms. The van der Waals surface area contributed by atoms with Crippen LogP contribution in [0.15, 0.2) is 0 Å². The van der Waals surface area contributed by atoms with Crippen molar-refractivity contribution in [2.75, 3.05) is 13.2 Å². The van der Waals surface area contributed by atoms with Gasteiger partial charge in [-0.2, -0.15) is 0 Å². The second kappa shape index (κ2) is 4.69. The van der Waals surface area contributed by atoms with Crippen molar-refractivity contribution in [1.82, 2.24) is 0 Å². The Balaban J connectivity index is 1.76. The zero-order chi connectivity index (χ0) is 7.23. The number of ether oxygens (including phenoxy) is 2. The molecule has 2 nitrogen and oxygen atoms in total. The minimum atomic E-state index is 0.136. The van der Waals surface area contributed by atoms with Crippen LogP contribution < -0.4 is 0 Å². The molecule has 0 aromatic carbocycles. The zero-order valence-corrected chi connectivity index (χ0v) is 6.64. The largest absolute Gasteiger partial charge is 0.353 e. The van der Waals surface area contributed by atoms with E-state index in [0.717, 1.165) is 19.6 Å². The van der Waals surface area contributed by atoms with Crippen LogP contribution in [0.5, 0.6) is 0 Å². The maximum absolute atomic E-state index is 5.36. The van der Waals surface area contributed by atoms with Gasteiger partial charge in [0.1, 0.15) is 0 Å². The number of hydrogen-bond donors (Lipinski definition) is 0. The number of unbranched alkanes of at least 4 members (excludes halogenated alkanes) is 2. The summed E-state index contributed by atoms with van der Waals surface area (Å²) in [5, 5.41) is 0. The fourth-order valence-electron chi connectivity index (χ4n) is 0.912. The molecule has 0 saturated carbocycles. The van der Waals surface area contributed by atoms with Gasteiger partial charge in [-0.05, 0) is 6.42 Å². The molecule has 1 unspecified atom stereocenters. The molecule has 0 aliphatic carbocycles. The van der Waals surface area contributed by atoms with Crippen LogP contribution in [-0.2, 0) is 9.47 Å². The van der Waals surface area contributed by atoms with Crippen molar-refractivity contribution in [3.05, 3.63) is 0 Å². The lowest BCUT2D eigenvalue weighted by Crippen LogP contribution is -2.29. The fraction of sp³-hybridized carbons (Fsp3) is 1.00. The van der Waals surface area contributed by atoms with Crippen LogP contribution in [0.25, 0.3) is 0 Å². The first-order valence-corrected chi connectivity index (χ1v) is 4.16. The molecule has 0 radical (unpaired) electrons. The lowest BCUT2D eigenvalue weighted by Gasteiger charge is -2.26. The lowest BCUT2D eigenvalue weighted by atomic mass is 10.3. The molecule has 0 amide bonds. The van der Waals surface area contributed by atoms with Gasteiger partial charge in [0.2, 0.25) is 0 Å². The number of rotatable bonds is 5. The topological polar surface area (TPSA) is 18.5 Å². The van der Waals surface area contributed by atoms with E-state index in [4.69, 9.17) is 9.47 Å². The van der Waals surface area contributed by atoms with E-state index in [1.807, 2.05) is 0 Å². The molecule has 1 saturated heterocycles. The van der Waals surface area contributed by atoms with Crippen molar-refractivity contribution in [1.29, 1.82) is 0 Å². The predicted molar refractivity (Wildman–Crippen MR) is 39.8 cm³/mol. The van der Waals surface area contributed by atoms with Crippen molar-refractivity contribution < 1.29 is 9.47 Å². The van der Waals surface area contributed by atoms with Gasteiger partial charge >= 0.3 is 0 Å². The maximum Gasteiger partial charge on any atom is 0.159 e. The quantitative estimate of drug-likeness (QED) is 0.549. The minimum absolute atomic E-state index is 0.136. The normalized spacial score (nSPS) is 24.3. The first-order chi connectivity index (χ1) is 4.93. The van der Waals surface area contributed by atoms with Crippen molar-refractivity contribution in [2.45, 2.75) is 38.9 Å². The Bertz CT molecular complexity index is 79.3. The molecule has 1 fully saturated rings. The smallest absolute Gasteiger partial charge is 0.159 e. The van der Waals surface area contributed by atoms with Gasteiger partial charge in [-0.25, -0.2) is 0 Å². The highest BCUT2D eigenvalue weighted by molar-refractivity contribution is 4.54. The molecule has 1 aliphatic heterocycles. The summed E-state index contributed by atoms with van der Waals surface area (Å²) in [5.41, 5.74) is 0. The van der Waals surface area contributed by atoms with E-state index in [0.29, 0.717) is 0 Å². The van der Waals surface area contributed by atoms with Crippen molar-refractivity contribution in [2.24, 2.45) is 0 Å². The average molecular weight is 144 g/mol. The Morgan fingerprint density at radius 2 is 2.30 bits per heavy atom. The van der Waals surface area contributed by atoms with Gasteiger partial charge in [0.05, 0.1) is 6.61 Å². The standard InChI is InChI=1S/C8H16O2/c1-2-3-4-6-9-8-5-7-10-8/h8H,2-7H2,1H3. The van der Waals surface area contributed by atoms with E-state index in [2.05, 4.69) is 6.92 Å². The van der Waals surface area contributed by atoms with Gasteiger partial charge in [0, 0.05) is 13.0 Å². The lowest BCUT2D eigenvalue weighted by molar-refractivity contribution is -0.214. The zero-order valence-electron chi connectivity index (χ0n) is 6.64. The van der Waals surface area contributed by atoms with Crippen LogP contribution in [0, 0.1) is 0 Å². The van der Waals surface area contributed by atoms with Gasteiger partial charge in [-0.1, -0.05) is 19.8 Å². The summed E-state index contributed by atoms with van der Waals surface area (Å²) in [5.74, 6) is 0. The molecule has 1 aliphatic rings. The monoisotopic (exact) mass is 144 g/mol. The van der Waals surface area contributed by atoms with Crippen molar-refractivity contribution >= 4 is 0 Å². The molecule has 1 atom stereocenters. The summed E-state index contributed by atoms with van der Waals surface area (Å²) in [6, 6.07) is 0. The second-order valence-corrected chi connectivity index (χ2v) is 2.67. The molecular formula is C8H16O2. The Hall–Kier alpha value is -0.0800. The van der Waals surface area contributed by atoms with Crippen LogP contribution in [-0.4, -0.2) is 19.5 Å². The van der Waals surface area contributed by atoms with Gasteiger partial charge in [0.25, 0.3) is 0 Å². The van der Waals surface area contributed by atoms with E-state index in [-0.39, 0.29) is 6.29 Å². The van der Waals surface area contributed by atoms with E-state index in [1.165, 1.54) is 19.3 Å². The van der Waals surface area contributed by atoms with Gasteiger partial charge in [-0.15, -0.1) is 0 Å². The highest BCUT2D eigenvalue weighted by atomic mass is 16.7. The summed E-state index contributed by atoms with van der Waals surface area (Å²) in [4.78, 5) is 0. The average Bonchev–Trinajstić information content (AvgIpc) is 1.84. The van der Waals surface area contributed by atoms with Crippen LogP contribution in [0.2, 0.25) is 0 Å². The van der Waals surface area contributed by atoms with E-state index in [9.17, 15) is 0 Å². The second-order valence-electron chi connectivity index (χ2n) is 2.67. The Labute approximate surface area is 62.5 Å². The predicted octanol–water partition coefficient (Wildman–Crippen LogP) is 1.94. The van der Waals surface area contributed by atoms with Crippen molar-refractivity contribution in [3.63, 3.8) is 0 Å². The molecule has 60 valence electrons.